The number of hydrogen-bond donors (Lipinski definition) is 1. The minimum absolute atomic E-state index is 0.116. The van der Waals surface area contributed by atoms with Crippen LogP contribution in [-0.2, 0) is 4.74 Å². The van der Waals surface area contributed by atoms with E-state index in [0.29, 0.717) is 4.38 Å². The molecule has 0 radical (unpaired) electrons. The molecule has 0 spiro atoms. The van der Waals surface area contributed by atoms with Crippen molar-refractivity contribution in [3.05, 3.63) is 0 Å². The highest BCUT2D eigenvalue weighted by molar-refractivity contribution is 8.10. The topological polar surface area (TPSA) is 9.23 Å². The van der Waals surface area contributed by atoms with Crippen LogP contribution in [-0.4, -0.2) is 9.98 Å². The van der Waals surface area contributed by atoms with Gasteiger partial charge in [-0.25, -0.2) is 0 Å². The van der Waals surface area contributed by atoms with Crippen molar-refractivity contribution in [1.82, 2.24) is 0 Å². The van der Waals surface area contributed by atoms with Gasteiger partial charge in [-0.2, -0.15) is 0 Å². The standard InChI is InChI=1S/C11H16OS2/c13-10(14)12-11-5-4-7(6-11)8-2-1-3-9(8)11/h7-9H,1-6H2,(H,13,14). The highest BCUT2D eigenvalue weighted by Gasteiger charge is 2.60. The quantitative estimate of drug-likeness (QED) is 0.545. The van der Waals surface area contributed by atoms with Crippen molar-refractivity contribution in [2.75, 3.05) is 0 Å². The summed E-state index contributed by atoms with van der Waals surface area (Å²) in [6.45, 7) is 0. The van der Waals surface area contributed by atoms with Crippen molar-refractivity contribution in [3.63, 3.8) is 0 Å². The molecule has 0 aromatic rings. The van der Waals surface area contributed by atoms with E-state index < -0.39 is 0 Å². The Balaban J connectivity index is 1.88. The van der Waals surface area contributed by atoms with Gasteiger partial charge in [-0.3, -0.25) is 0 Å². The number of fused-ring (bicyclic) bond motifs is 5. The summed E-state index contributed by atoms with van der Waals surface area (Å²) < 4.78 is 6.36. The Labute approximate surface area is 96.0 Å². The van der Waals surface area contributed by atoms with Gasteiger partial charge >= 0.3 is 0 Å². The lowest BCUT2D eigenvalue weighted by atomic mass is 9.79. The molecular formula is C11H16OS2. The number of thiol groups is 1. The SMILES string of the molecule is S=C(S)OC12CCC(C1)C1CCCC12. The van der Waals surface area contributed by atoms with Gasteiger partial charge in [0.2, 0.25) is 4.38 Å². The van der Waals surface area contributed by atoms with E-state index in [1.165, 1.54) is 38.5 Å². The van der Waals surface area contributed by atoms with Crippen molar-refractivity contribution in [3.8, 4) is 0 Å². The second kappa shape index (κ2) is 3.11. The Kier molecular flexibility index (Phi) is 2.11. The van der Waals surface area contributed by atoms with Gasteiger partial charge in [-0.15, -0.1) is 0 Å². The van der Waals surface area contributed by atoms with Crippen LogP contribution in [0.3, 0.4) is 0 Å². The third-order valence-electron chi connectivity index (χ3n) is 4.69. The summed E-state index contributed by atoms with van der Waals surface area (Å²) in [5.41, 5.74) is 0.116. The molecule has 0 saturated heterocycles. The van der Waals surface area contributed by atoms with Gasteiger partial charge in [-0.1, -0.05) is 19.0 Å². The van der Waals surface area contributed by atoms with E-state index >= 15 is 0 Å². The first-order chi connectivity index (χ1) is 6.71. The van der Waals surface area contributed by atoms with Gasteiger partial charge in [0, 0.05) is 5.92 Å². The number of thiocarbonyl (C=S) groups is 1. The molecule has 78 valence electrons. The largest absolute Gasteiger partial charge is 0.472 e. The second-order valence-electron chi connectivity index (χ2n) is 5.14. The van der Waals surface area contributed by atoms with Crippen molar-refractivity contribution in [1.29, 1.82) is 0 Å². The Morgan fingerprint density at radius 1 is 1.36 bits per heavy atom. The molecule has 3 aliphatic rings. The summed E-state index contributed by atoms with van der Waals surface area (Å²) in [5, 5.41) is 0. The van der Waals surface area contributed by atoms with Crippen LogP contribution in [0.15, 0.2) is 0 Å². The predicted molar refractivity (Wildman–Crippen MR) is 63.6 cm³/mol. The zero-order valence-corrected chi connectivity index (χ0v) is 9.95. The second-order valence-corrected chi connectivity index (χ2v) is 6.22. The van der Waals surface area contributed by atoms with E-state index in [0.717, 1.165) is 17.8 Å². The molecule has 0 N–H and O–H groups in total. The molecule has 0 aromatic heterocycles. The molecule has 2 bridgehead atoms. The molecule has 0 aliphatic heterocycles. The van der Waals surface area contributed by atoms with Gasteiger partial charge in [-0.05, 0) is 56.2 Å². The summed E-state index contributed by atoms with van der Waals surface area (Å²) in [5.74, 6) is 2.68. The van der Waals surface area contributed by atoms with Gasteiger partial charge in [0.15, 0.2) is 0 Å². The molecule has 3 saturated carbocycles. The molecule has 0 heterocycles. The van der Waals surface area contributed by atoms with E-state index in [4.69, 9.17) is 17.0 Å². The minimum Gasteiger partial charge on any atom is -0.472 e. The van der Waals surface area contributed by atoms with Crippen molar-refractivity contribution in [2.24, 2.45) is 17.8 Å². The van der Waals surface area contributed by atoms with Gasteiger partial charge < -0.3 is 4.74 Å². The lowest BCUT2D eigenvalue weighted by molar-refractivity contribution is 0.0140. The van der Waals surface area contributed by atoms with Crippen molar-refractivity contribution in [2.45, 2.75) is 44.1 Å². The zero-order chi connectivity index (χ0) is 9.76. The zero-order valence-electron chi connectivity index (χ0n) is 8.24. The molecule has 4 unspecified atom stereocenters. The molecule has 0 aromatic carbocycles. The van der Waals surface area contributed by atoms with Crippen LogP contribution >= 0.6 is 24.8 Å². The van der Waals surface area contributed by atoms with Crippen molar-refractivity contribution < 1.29 is 4.74 Å². The molecule has 14 heavy (non-hydrogen) atoms. The summed E-state index contributed by atoms with van der Waals surface area (Å²) in [7, 11) is 0. The summed E-state index contributed by atoms with van der Waals surface area (Å²) in [6, 6.07) is 0. The molecule has 0 amide bonds. The third-order valence-corrected chi connectivity index (χ3v) is 4.86. The van der Waals surface area contributed by atoms with Gasteiger partial charge in [0.05, 0.1) is 0 Å². The highest BCUT2D eigenvalue weighted by atomic mass is 32.1. The van der Waals surface area contributed by atoms with E-state index in [1.54, 1.807) is 0 Å². The summed E-state index contributed by atoms with van der Waals surface area (Å²) in [6.07, 6.45) is 8.02. The monoisotopic (exact) mass is 228 g/mol. The summed E-state index contributed by atoms with van der Waals surface area (Å²) in [4.78, 5) is 0. The molecule has 1 nitrogen and oxygen atoms in total. The van der Waals surface area contributed by atoms with E-state index in [1.807, 2.05) is 0 Å². The Morgan fingerprint density at radius 2 is 2.21 bits per heavy atom. The number of hydrogen-bond acceptors (Lipinski definition) is 2. The van der Waals surface area contributed by atoms with Crippen LogP contribution in [0.1, 0.15) is 38.5 Å². The fourth-order valence-corrected chi connectivity index (χ4v) is 4.68. The van der Waals surface area contributed by atoms with E-state index in [9.17, 15) is 0 Å². The Morgan fingerprint density at radius 3 is 3.00 bits per heavy atom. The molecule has 3 fully saturated rings. The van der Waals surface area contributed by atoms with Crippen LogP contribution in [0, 0.1) is 17.8 Å². The Hall–Kier alpha value is 0.240. The van der Waals surface area contributed by atoms with Crippen LogP contribution < -0.4 is 0 Å². The predicted octanol–water partition coefficient (Wildman–Crippen LogP) is 3.19. The average Bonchev–Trinajstić information content (AvgIpc) is 2.68. The molecule has 3 rings (SSSR count). The van der Waals surface area contributed by atoms with Gasteiger partial charge in [0.25, 0.3) is 0 Å². The average molecular weight is 228 g/mol. The van der Waals surface area contributed by atoms with Crippen LogP contribution in [0.25, 0.3) is 0 Å². The first-order valence-corrected chi connectivity index (χ1v) is 6.49. The van der Waals surface area contributed by atoms with Crippen LogP contribution in [0.5, 0.6) is 0 Å². The van der Waals surface area contributed by atoms with Gasteiger partial charge in [0.1, 0.15) is 5.60 Å². The smallest absolute Gasteiger partial charge is 0.217 e. The van der Waals surface area contributed by atoms with Crippen molar-refractivity contribution >= 4 is 29.2 Å². The minimum atomic E-state index is 0.116. The first-order valence-electron chi connectivity index (χ1n) is 5.63. The molecule has 3 aliphatic carbocycles. The van der Waals surface area contributed by atoms with E-state index in [2.05, 4.69) is 12.6 Å². The van der Waals surface area contributed by atoms with Crippen LogP contribution in [0.2, 0.25) is 0 Å². The lowest BCUT2D eigenvalue weighted by Crippen LogP contribution is -2.37. The maximum atomic E-state index is 5.90. The number of ether oxygens (including phenoxy) is 1. The van der Waals surface area contributed by atoms with Crippen LogP contribution in [0.4, 0.5) is 0 Å². The van der Waals surface area contributed by atoms with E-state index in [-0.39, 0.29) is 5.60 Å². The number of rotatable bonds is 1. The molecule has 4 atom stereocenters. The molecular weight excluding hydrogens is 212 g/mol. The fourth-order valence-electron chi connectivity index (χ4n) is 4.33. The highest BCUT2D eigenvalue weighted by Crippen LogP contribution is 2.62. The third kappa shape index (κ3) is 1.18. The Bertz CT molecular complexity index is 278. The summed E-state index contributed by atoms with van der Waals surface area (Å²) >= 11 is 9.13. The maximum absolute atomic E-state index is 5.90. The lowest BCUT2D eigenvalue weighted by Gasteiger charge is -2.35. The first kappa shape index (κ1) is 9.46. The molecule has 3 heteroatoms. The normalized spacial score (nSPS) is 49.4. The maximum Gasteiger partial charge on any atom is 0.217 e. The fraction of sp³-hybridized carbons (Fsp3) is 0.909.